The monoisotopic (exact) mass is 396 g/mol. The average molecular weight is 396 g/mol. The molecule has 0 spiro atoms. The molecule has 29 heavy (non-hydrogen) atoms. The van der Waals surface area contributed by atoms with E-state index in [1.54, 1.807) is 60.7 Å². The molecule has 7 nitrogen and oxygen atoms in total. The van der Waals surface area contributed by atoms with Crippen LogP contribution < -0.4 is 0 Å². The quantitative estimate of drug-likeness (QED) is 0.421. The van der Waals surface area contributed by atoms with Crippen molar-refractivity contribution in [3.63, 3.8) is 0 Å². The third-order valence-corrected chi connectivity index (χ3v) is 4.23. The van der Waals surface area contributed by atoms with Crippen molar-refractivity contribution >= 4 is 17.9 Å². The van der Waals surface area contributed by atoms with E-state index in [4.69, 9.17) is 18.9 Å². The largest absolute Gasteiger partial charge is 0.451 e. The first-order chi connectivity index (χ1) is 14.0. The number of hydrogen-bond donors (Lipinski definition) is 0. The molecular weight excluding hydrogens is 376 g/mol. The van der Waals surface area contributed by atoms with E-state index in [2.05, 4.69) is 6.58 Å². The molecule has 0 amide bonds. The Kier molecular flexibility index (Phi) is 6.41. The molecule has 3 rings (SSSR count). The number of ether oxygens (including phenoxy) is 4. The number of carbonyl (C=O) groups is 3. The molecule has 0 aliphatic carbocycles. The SMILES string of the molecule is C=C[C@H]1O[C@@H](OC(C)=O)[C@H](OC(=O)c2ccccc2)[C@@H]1OC(=O)c1ccccc1. The van der Waals surface area contributed by atoms with Gasteiger partial charge in [-0.05, 0) is 24.3 Å². The Morgan fingerprint density at radius 1 is 0.828 bits per heavy atom. The van der Waals surface area contributed by atoms with Gasteiger partial charge in [0.25, 0.3) is 0 Å². The predicted octanol–water partition coefficient (Wildman–Crippen LogP) is 2.91. The maximum atomic E-state index is 12.5. The lowest BCUT2D eigenvalue weighted by atomic mass is 10.1. The van der Waals surface area contributed by atoms with Crippen LogP contribution in [-0.2, 0) is 23.7 Å². The molecule has 0 N–H and O–H groups in total. The summed E-state index contributed by atoms with van der Waals surface area (Å²) in [5, 5.41) is 0. The fourth-order valence-electron chi connectivity index (χ4n) is 2.89. The van der Waals surface area contributed by atoms with Gasteiger partial charge in [0.15, 0.2) is 6.10 Å². The van der Waals surface area contributed by atoms with Crippen LogP contribution >= 0.6 is 0 Å². The highest BCUT2D eigenvalue weighted by atomic mass is 16.7. The van der Waals surface area contributed by atoms with Crippen LogP contribution in [0.3, 0.4) is 0 Å². The van der Waals surface area contributed by atoms with Gasteiger partial charge in [-0.25, -0.2) is 9.59 Å². The van der Waals surface area contributed by atoms with E-state index in [0.29, 0.717) is 11.1 Å². The molecular formula is C22H20O7. The van der Waals surface area contributed by atoms with Gasteiger partial charge in [0, 0.05) is 6.92 Å². The van der Waals surface area contributed by atoms with Crippen LogP contribution in [0.2, 0.25) is 0 Å². The summed E-state index contributed by atoms with van der Waals surface area (Å²) in [6, 6.07) is 16.6. The maximum absolute atomic E-state index is 12.5. The summed E-state index contributed by atoms with van der Waals surface area (Å²) in [7, 11) is 0. The molecule has 0 aromatic heterocycles. The summed E-state index contributed by atoms with van der Waals surface area (Å²) in [6.45, 7) is 4.86. The Morgan fingerprint density at radius 2 is 1.31 bits per heavy atom. The molecule has 0 radical (unpaired) electrons. The Bertz CT molecular complexity index is 879. The van der Waals surface area contributed by atoms with Gasteiger partial charge in [-0.3, -0.25) is 4.79 Å². The summed E-state index contributed by atoms with van der Waals surface area (Å²) in [5.74, 6) is -1.93. The first-order valence-corrected chi connectivity index (χ1v) is 8.97. The van der Waals surface area contributed by atoms with Crippen molar-refractivity contribution in [3.8, 4) is 0 Å². The highest BCUT2D eigenvalue weighted by molar-refractivity contribution is 5.90. The number of esters is 3. The fraction of sp³-hybridized carbons (Fsp3) is 0.227. The second kappa shape index (κ2) is 9.16. The van der Waals surface area contributed by atoms with Crippen molar-refractivity contribution in [1.82, 2.24) is 0 Å². The number of benzene rings is 2. The molecule has 1 aliphatic rings. The summed E-state index contributed by atoms with van der Waals surface area (Å²) in [4.78, 5) is 36.5. The average Bonchev–Trinajstić information content (AvgIpc) is 3.04. The minimum atomic E-state index is -1.24. The third-order valence-electron chi connectivity index (χ3n) is 4.23. The molecule has 4 atom stereocenters. The van der Waals surface area contributed by atoms with Crippen LogP contribution in [0.25, 0.3) is 0 Å². The van der Waals surface area contributed by atoms with Crippen LogP contribution in [0.4, 0.5) is 0 Å². The molecule has 1 heterocycles. The van der Waals surface area contributed by atoms with Gasteiger partial charge >= 0.3 is 17.9 Å². The first kappa shape index (κ1) is 20.3. The van der Waals surface area contributed by atoms with Crippen LogP contribution in [0.5, 0.6) is 0 Å². The van der Waals surface area contributed by atoms with Crippen LogP contribution in [0.15, 0.2) is 73.3 Å². The number of hydrogen-bond acceptors (Lipinski definition) is 7. The van der Waals surface area contributed by atoms with Crippen LogP contribution in [0.1, 0.15) is 27.6 Å². The maximum Gasteiger partial charge on any atom is 0.338 e. The number of carbonyl (C=O) groups excluding carboxylic acids is 3. The predicted molar refractivity (Wildman–Crippen MR) is 102 cm³/mol. The lowest BCUT2D eigenvalue weighted by molar-refractivity contribution is -0.183. The van der Waals surface area contributed by atoms with Crippen LogP contribution in [0, 0.1) is 0 Å². The Morgan fingerprint density at radius 3 is 1.76 bits per heavy atom. The second-order valence-corrected chi connectivity index (χ2v) is 6.29. The third kappa shape index (κ3) is 4.89. The van der Waals surface area contributed by atoms with Gasteiger partial charge in [0.1, 0.15) is 6.10 Å². The lowest BCUT2D eigenvalue weighted by Crippen LogP contribution is -2.41. The summed E-state index contributed by atoms with van der Waals surface area (Å²) in [5.41, 5.74) is 0.614. The zero-order valence-electron chi connectivity index (χ0n) is 15.7. The van der Waals surface area contributed by atoms with E-state index < -0.39 is 42.5 Å². The standard InChI is InChI=1S/C22H20O7/c1-3-17-18(28-20(24)15-10-6-4-7-11-15)19(22(27-17)26-14(2)23)29-21(25)16-12-8-5-9-13-16/h3-13,17-19,22H,1H2,2H3/t17-,18-,19-,22-/m1/s1. The van der Waals surface area contributed by atoms with E-state index in [0.717, 1.165) is 0 Å². The van der Waals surface area contributed by atoms with Gasteiger partial charge in [0.2, 0.25) is 12.4 Å². The summed E-state index contributed by atoms with van der Waals surface area (Å²) >= 11 is 0. The highest BCUT2D eigenvalue weighted by Crippen LogP contribution is 2.30. The van der Waals surface area contributed by atoms with Crippen molar-refractivity contribution in [1.29, 1.82) is 0 Å². The smallest absolute Gasteiger partial charge is 0.338 e. The van der Waals surface area contributed by atoms with E-state index in [1.807, 2.05) is 0 Å². The van der Waals surface area contributed by atoms with E-state index in [1.165, 1.54) is 13.0 Å². The molecule has 1 fully saturated rings. The van der Waals surface area contributed by atoms with Crippen LogP contribution in [-0.4, -0.2) is 42.5 Å². The minimum Gasteiger partial charge on any atom is -0.451 e. The molecule has 2 aromatic rings. The normalized spacial score (nSPS) is 23.1. The van der Waals surface area contributed by atoms with Gasteiger partial charge in [0.05, 0.1) is 11.1 Å². The first-order valence-electron chi connectivity index (χ1n) is 8.97. The lowest BCUT2D eigenvalue weighted by Gasteiger charge is -2.23. The minimum absolute atomic E-state index is 0.296. The van der Waals surface area contributed by atoms with Crippen molar-refractivity contribution in [2.24, 2.45) is 0 Å². The Balaban J connectivity index is 1.84. The zero-order chi connectivity index (χ0) is 20.8. The molecule has 1 aliphatic heterocycles. The molecule has 0 bridgehead atoms. The molecule has 7 heteroatoms. The molecule has 0 saturated carbocycles. The van der Waals surface area contributed by atoms with E-state index in [-0.39, 0.29) is 0 Å². The van der Waals surface area contributed by atoms with E-state index >= 15 is 0 Å². The van der Waals surface area contributed by atoms with E-state index in [9.17, 15) is 14.4 Å². The zero-order valence-corrected chi connectivity index (χ0v) is 15.7. The van der Waals surface area contributed by atoms with Gasteiger partial charge in [-0.1, -0.05) is 42.5 Å². The molecule has 2 aromatic carbocycles. The molecule has 0 unspecified atom stereocenters. The van der Waals surface area contributed by atoms with Crippen molar-refractivity contribution in [2.45, 2.75) is 31.5 Å². The van der Waals surface area contributed by atoms with Crippen molar-refractivity contribution in [3.05, 3.63) is 84.4 Å². The topological polar surface area (TPSA) is 88.1 Å². The number of rotatable bonds is 6. The Labute approximate surface area is 167 Å². The van der Waals surface area contributed by atoms with Gasteiger partial charge < -0.3 is 18.9 Å². The van der Waals surface area contributed by atoms with Gasteiger partial charge in [-0.2, -0.15) is 0 Å². The Hall–Kier alpha value is -3.45. The highest BCUT2D eigenvalue weighted by Gasteiger charge is 2.50. The summed E-state index contributed by atoms with van der Waals surface area (Å²) < 4.78 is 21.8. The fourth-order valence-corrected chi connectivity index (χ4v) is 2.89. The molecule has 1 saturated heterocycles. The summed E-state index contributed by atoms with van der Waals surface area (Å²) in [6.07, 6.45) is -2.88. The molecule has 150 valence electrons. The van der Waals surface area contributed by atoms with Gasteiger partial charge in [-0.15, -0.1) is 6.58 Å². The van der Waals surface area contributed by atoms with Crippen molar-refractivity contribution < 1.29 is 33.3 Å². The van der Waals surface area contributed by atoms with Crippen molar-refractivity contribution in [2.75, 3.05) is 0 Å². The second-order valence-electron chi connectivity index (χ2n) is 6.29.